The first kappa shape index (κ1) is 26.7. The van der Waals surface area contributed by atoms with Crippen molar-refractivity contribution >= 4 is 23.2 Å². The fourth-order valence-electron chi connectivity index (χ4n) is 5.11. The molecule has 0 aromatic heterocycles. The van der Waals surface area contributed by atoms with Crippen molar-refractivity contribution in [1.82, 2.24) is 5.32 Å². The lowest BCUT2D eigenvalue weighted by Crippen LogP contribution is -2.47. The Labute approximate surface area is 209 Å². The van der Waals surface area contributed by atoms with Crippen LogP contribution in [0.3, 0.4) is 0 Å². The molecule has 0 saturated carbocycles. The van der Waals surface area contributed by atoms with Crippen LogP contribution in [0.1, 0.15) is 69.2 Å². The summed E-state index contributed by atoms with van der Waals surface area (Å²) in [5, 5.41) is 3.03. The van der Waals surface area contributed by atoms with Gasteiger partial charge in [-0.3, -0.25) is 14.4 Å². The molecule has 3 atom stereocenters. The minimum Gasteiger partial charge on any atom is -0.399 e. The van der Waals surface area contributed by atoms with Gasteiger partial charge in [0.1, 0.15) is 5.78 Å². The summed E-state index contributed by atoms with van der Waals surface area (Å²) >= 11 is 0. The van der Waals surface area contributed by atoms with Crippen LogP contribution in [0.2, 0.25) is 0 Å². The van der Waals surface area contributed by atoms with Gasteiger partial charge in [0.15, 0.2) is 5.78 Å². The highest BCUT2D eigenvalue weighted by molar-refractivity contribution is 5.92. The van der Waals surface area contributed by atoms with Crippen molar-refractivity contribution in [2.75, 3.05) is 5.73 Å². The van der Waals surface area contributed by atoms with E-state index in [1.54, 1.807) is 12.1 Å². The van der Waals surface area contributed by atoms with Gasteiger partial charge in [0, 0.05) is 30.4 Å². The molecule has 1 aliphatic rings. The van der Waals surface area contributed by atoms with Crippen molar-refractivity contribution in [2.24, 2.45) is 17.8 Å². The molecule has 3 N–H and O–H groups in total. The van der Waals surface area contributed by atoms with Crippen molar-refractivity contribution in [1.29, 1.82) is 0 Å². The number of nitrogens with two attached hydrogens (primary N) is 1. The Hall–Kier alpha value is -2.95. The zero-order chi connectivity index (χ0) is 25.5. The standard InChI is InChI=1S/C30H40N2O3/c1-19(2)16-27(20(3)29(34)17-22-12-14-25(31)15-13-22)30(35)32-28(21(4)33)18-24-10-7-9-23-8-5-6-11-26(23)24/h7,9-10,12-15,19-20,27-28H,5-6,8,11,16-18,31H2,1-4H3,(H,32,35). The van der Waals surface area contributed by atoms with Crippen molar-refractivity contribution < 1.29 is 14.4 Å². The summed E-state index contributed by atoms with van der Waals surface area (Å²) < 4.78 is 0. The predicted octanol–water partition coefficient (Wildman–Crippen LogP) is 4.87. The molecule has 188 valence electrons. The van der Waals surface area contributed by atoms with Crippen LogP contribution in [0.4, 0.5) is 5.69 Å². The summed E-state index contributed by atoms with van der Waals surface area (Å²) in [6, 6.07) is 13.0. The Morgan fingerprint density at radius 2 is 1.66 bits per heavy atom. The molecular formula is C30H40N2O3. The van der Waals surface area contributed by atoms with Gasteiger partial charge in [-0.1, -0.05) is 51.1 Å². The Morgan fingerprint density at radius 1 is 0.971 bits per heavy atom. The van der Waals surface area contributed by atoms with E-state index in [1.165, 1.54) is 24.5 Å². The molecular weight excluding hydrogens is 436 g/mol. The summed E-state index contributed by atoms with van der Waals surface area (Å²) in [7, 11) is 0. The maximum Gasteiger partial charge on any atom is 0.224 e. The predicted molar refractivity (Wildman–Crippen MR) is 141 cm³/mol. The van der Waals surface area contributed by atoms with E-state index >= 15 is 0 Å². The first-order valence-corrected chi connectivity index (χ1v) is 12.9. The van der Waals surface area contributed by atoms with Crippen LogP contribution in [-0.4, -0.2) is 23.5 Å². The lowest BCUT2D eigenvalue weighted by Gasteiger charge is -2.27. The van der Waals surface area contributed by atoms with Crippen LogP contribution < -0.4 is 11.1 Å². The average Bonchev–Trinajstić information content (AvgIpc) is 2.83. The minimum absolute atomic E-state index is 0.0204. The van der Waals surface area contributed by atoms with Crippen LogP contribution in [0.5, 0.6) is 0 Å². The van der Waals surface area contributed by atoms with Crippen LogP contribution >= 0.6 is 0 Å². The number of carbonyl (C=O) groups excluding carboxylic acids is 3. The fraction of sp³-hybridized carbons (Fsp3) is 0.500. The second-order valence-corrected chi connectivity index (χ2v) is 10.5. The van der Waals surface area contributed by atoms with Gasteiger partial charge in [-0.05, 0) is 79.3 Å². The summed E-state index contributed by atoms with van der Waals surface area (Å²) in [6.07, 6.45) is 5.79. The highest BCUT2D eigenvalue weighted by Crippen LogP contribution is 2.27. The number of hydrogen-bond donors (Lipinski definition) is 2. The topological polar surface area (TPSA) is 89.3 Å². The Bertz CT molecular complexity index is 1040. The van der Waals surface area contributed by atoms with Crippen molar-refractivity contribution in [3.8, 4) is 0 Å². The number of fused-ring (bicyclic) bond motifs is 1. The SMILES string of the molecule is CC(=O)C(Cc1cccc2c1CCCC2)NC(=O)C(CC(C)C)C(C)C(=O)Cc1ccc(N)cc1. The molecule has 3 rings (SSSR count). The first-order valence-electron chi connectivity index (χ1n) is 12.9. The Balaban J connectivity index is 1.74. The third-order valence-corrected chi connectivity index (χ3v) is 7.26. The van der Waals surface area contributed by atoms with Gasteiger partial charge in [0.25, 0.3) is 0 Å². The van der Waals surface area contributed by atoms with E-state index in [2.05, 4.69) is 37.4 Å². The molecule has 0 spiro atoms. The van der Waals surface area contributed by atoms with Gasteiger partial charge in [0.05, 0.1) is 6.04 Å². The van der Waals surface area contributed by atoms with E-state index in [0.29, 0.717) is 18.5 Å². The Morgan fingerprint density at radius 3 is 2.31 bits per heavy atom. The van der Waals surface area contributed by atoms with E-state index in [9.17, 15) is 14.4 Å². The van der Waals surface area contributed by atoms with Crippen LogP contribution in [-0.2, 0) is 40.1 Å². The van der Waals surface area contributed by atoms with E-state index < -0.39 is 17.9 Å². The number of nitrogens with one attached hydrogen (secondary N) is 1. The van der Waals surface area contributed by atoms with Gasteiger partial charge >= 0.3 is 0 Å². The quantitative estimate of drug-likeness (QED) is 0.453. The smallest absolute Gasteiger partial charge is 0.224 e. The average molecular weight is 477 g/mol. The highest BCUT2D eigenvalue weighted by atomic mass is 16.2. The lowest BCUT2D eigenvalue weighted by molar-refractivity contribution is -0.135. The van der Waals surface area contributed by atoms with Crippen LogP contribution in [0, 0.1) is 17.8 Å². The molecule has 35 heavy (non-hydrogen) atoms. The van der Waals surface area contributed by atoms with Gasteiger partial charge in [0.2, 0.25) is 5.91 Å². The van der Waals surface area contributed by atoms with E-state index in [-0.39, 0.29) is 29.8 Å². The molecule has 2 aromatic rings. The Kier molecular flexibility index (Phi) is 9.25. The number of amides is 1. The number of anilines is 1. The van der Waals surface area contributed by atoms with Crippen molar-refractivity contribution in [3.05, 3.63) is 64.7 Å². The number of carbonyl (C=O) groups is 3. The minimum atomic E-state index is -0.593. The zero-order valence-corrected chi connectivity index (χ0v) is 21.6. The van der Waals surface area contributed by atoms with E-state index in [1.807, 2.05) is 19.1 Å². The molecule has 0 radical (unpaired) electrons. The van der Waals surface area contributed by atoms with Gasteiger partial charge in [-0.2, -0.15) is 0 Å². The number of rotatable bonds is 11. The maximum atomic E-state index is 13.5. The number of hydrogen-bond acceptors (Lipinski definition) is 4. The normalized spacial score (nSPS) is 15.7. The molecule has 5 nitrogen and oxygen atoms in total. The summed E-state index contributed by atoms with van der Waals surface area (Å²) in [6.45, 7) is 7.47. The summed E-state index contributed by atoms with van der Waals surface area (Å²) in [5.74, 6) is -0.936. The molecule has 0 bridgehead atoms. The zero-order valence-electron chi connectivity index (χ0n) is 21.6. The largest absolute Gasteiger partial charge is 0.399 e. The molecule has 1 aliphatic carbocycles. The molecule has 3 unspecified atom stereocenters. The number of benzene rings is 2. The molecule has 0 aliphatic heterocycles. The molecule has 2 aromatic carbocycles. The molecule has 1 amide bonds. The van der Waals surface area contributed by atoms with Gasteiger partial charge in [-0.25, -0.2) is 0 Å². The lowest BCUT2D eigenvalue weighted by atomic mass is 9.81. The fourth-order valence-corrected chi connectivity index (χ4v) is 5.11. The molecule has 0 fully saturated rings. The van der Waals surface area contributed by atoms with E-state index in [4.69, 9.17) is 5.73 Å². The molecule has 5 heteroatoms. The van der Waals surface area contributed by atoms with Gasteiger partial charge in [-0.15, -0.1) is 0 Å². The summed E-state index contributed by atoms with van der Waals surface area (Å²) in [5.41, 5.74) is 11.1. The van der Waals surface area contributed by atoms with Crippen LogP contribution in [0.25, 0.3) is 0 Å². The third kappa shape index (κ3) is 7.27. The highest BCUT2D eigenvalue weighted by Gasteiger charge is 2.32. The number of nitrogen functional groups attached to an aromatic ring is 1. The maximum absolute atomic E-state index is 13.5. The number of ketones is 2. The molecule has 0 heterocycles. The van der Waals surface area contributed by atoms with Crippen molar-refractivity contribution in [3.63, 3.8) is 0 Å². The second kappa shape index (κ2) is 12.1. The summed E-state index contributed by atoms with van der Waals surface area (Å²) in [4.78, 5) is 39.2. The number of aryl methyl sites for hydroxylation is 1. The van der Waals surface area contributed by atoms with Gasteiger partial charge < -0.3 is 11.1 Å². The number of Topliss-reactive ketones (excluding diaryl/α,β-unsaturated/α-hetero) is 2. The molecule has 0 saturated heterocycles. The van der Waals surface area contributed by atoms with E-state index in [0.717, 1.165) is 30.4 Å². The second-order valence-electron chi connectivity index (χ2n) is 10.5. The monoisotopic (exact) mass is 476 g/mol. The van der Waals surface area contributed by atoms with Crippen LogP contribution in [0.15, 0.2) is 42.5 Å². The third-order valence-electron chi connectivity index (χ3n) is 7.26. The first-order chi connectivity index (χ1) is 16.7. The van der Waals surface area contributed by atoms with Crippen molar-refractivity contribution in [2.45, 2.75) is 78.7 Å².